The number of para-hydroxylation sites is 1. The van der Waals surface area contributed by atoms with E-state index in [0.29, 0.717) is 36.9 Å². The third-order valence-corrected chi connectivity index (χ3v) is 5.31. The van der Waals surface area contributed by atoms with Gasteiger partial charge in [-0.05, 0) is 36.8 Å². The van der Waals surface area contributed by atoms with E-state index in [0.717, 1.165) is 30.3 Å². The van der Waals surface area contributed by atoms with E-state index < -0.39 is 0 Å². The maximum Gasteiger partial charge on any atom is 0.233 e. The number of hydrogen-bond acceptors (Lipinski definition) is 8. The molecule has 2 aromatic carbocycles. The van der Waals surface area contributed by atoms with Crippen LogP contribution >= 0.6 is 11.8 Å². The molecule has 156 valence electrons. The molecule has 0 spiro atoms. The van der Waals surface area contributed by atoms with Crippen LogP contribution in [0.5, 0.6) is 5.75 Å². The lowest BCUT2D eigenvalue weighted by Crippen LogP contribution is -2.37. The van der Waals surface area contributed by atoms with Crippen LogP contribution in [-0.4, -0.2) is 53.6 Å². The molecule has 0 atom stereocenters. The van der Waals surface area contributed by atoms with E-state index in [-0.39, 0.29) is 0 Å². The molecule has 0 bridgehead atoms. The molecule has 1 fully saturated rings. The van der Waals surface area contributed by atoms with Gasteiger partial charge in [0.1, 0.15) is 5.75 Å². The standard InChI is InChI=1S/C22H25N5O2S/c1-17-6-5-9-19(16-17)29-14-15-30-22-25-20(23-18-7-3-2-4-8-18)24-21(26-22)27-10-12-28-13-11-27/h2-9,16H,10-15H2,1H3,(H,23,24,25,26). The Balaban J connectivity index is 1.44. The van der Waals surface area contributed by atoms with Crippen molar-refractivity contribution in [1.29, 1.82) is 0 Å². The van der Waals surface area contributed by atoms with Crippen LogP contribution in [0.15, 0.2) is 59.8 Å². The number of anilines is 3. The summed E-state index contributed by atoms with van der Waals surface area (Å²) in [4.78, 5) is 16.0. The summed E-state index contributed by atoms with van der Waals surface area (Å²) in [5.74, 6) is 2.84. The van der Waals surface area contributed by atoms with Gasteiger partial charge < -0.3 is 19.7 Å². The Morgan fingerprint density at radius 1 is 1.03 bits per heavy atom. The zero-order chi connectivity index (χ0) is 20.6. The highest BCUT2D eigenvalue weighted by Gasteiger charge is 2.17. The highest BCUT2D eigenvalue weighted by atomic mass is 32.2. The van der Waals surface area contributed by atoms with Gasteiger partial charge in [0.2, 0.25) is 11.9 Å². The van der Waals surface area contributed by atoms with E-state index in [1.807, 2.05) is 48.5 Å². The summed E-state index contributed by atoms with van der Waals surface area (Å²) in [6.45, 7) is 5.54. The van der Waals surface area contributed by atoms with Gasteiger partial charge in [-0.15, -0.1) is 0 Å². The van der Waals surface area contributed by atoms with Crippen molar-refractivity contribution in [3.05, 3.63) is 60.2 Å². The summed E-state index contributed by atoms with van der Waals surface area (Å²) in [6, 6.07) is 18.0. The van der Waals surface area contributed by atoms with Crippen LogP contribution in [0.4, 0.5) is 17.6 Å². The number of benzene rings is 2. The van der Waals surface area contributed by atoms with E-state index in [1.165, 1.54) is 5.56 Å². The van der Waals surface area contributed by atoms with Crippen LogP contribution in [0.2, 0.25) is 0 Å². The number of aryl methyl sites for hydroxylation is 1. The van der Waals surface area contributed by atoms with E-state index in [9.17, 15) is 0 Å². The first-order valence-electron chi connectivity index (χ1n) is 9.99. The second-order valence-electron chi connectivity index (χ2n) is 6.85. The first-order valence-corrected chi connectivity index (χ1v) is 11.0. The molecule has 0 amide bonds. The fourth-order valence-electron chi connectivity index (χ4n) is 3.02. The molecule has 7 nitrogen and oxygen atoms in total. The molecular formula is C22H25N5O2S. The summed E-state index contributed by atoms with van der Waals surface area (Å²) in [6.07, 6.45) is 0. The SMILES string of the molecule is Cc1cccc(OCCSc2nc(Nc3ccccc3)nc(N3CCOCC3)n2)c1. The van der Waals surface area contributed by atoms with Crippen molar-refractivity contribution in [2.75, 3.05) is 48.9 Å². The molecule has 1 aliphatic heterocycles. The van der Waals surface area contributed by atoms with Crippen molar-refractivity contribution in [1.82, 2.24) is 15.0 Å². The van der Waals surface area contributed by atoms with Crippen LogP contribution in [0.1, 0.15) is 5.56 Å². The predicted octanol–water partition coefficient (Wildman–Crippen LogP) is 3.93. The maximum atomic E-state index is 5.85. The lowest BCUT2D eigenvalue weighted by atomic mass is 10.2. The first-order chi connectivity index (χ1) is 14.8. The molecule has 1 aliphatic rings. The minimum Gasteiger partial charge on any atom is -0.493 e. The Kier molecular flexibility index (Phi) is 6.99. The molecule has 2 heterocycles. The first kappa shape index (κ1) is 20.4. The van der Waals surface area contributed by atoms with Gasteiger partial charge in [0, 0.05) is 24.5 Å². The third kappa shape index (κ3) is 5.84. The van der Waals surface area contributed by atoms with Gasteiger partial charge in [-0.25, -0.2) is 0 Å². The number of nitrogens with one attached hydrogen (secondary N) is 1. The number of hydrogen-bond donors (Lipinski definition) is 1. The summed E-state index contributed by atoms with van der Waals surface area (Å²) < 4.78 is 11.3. The van der Waals surface area contributed by atoms with Gasteiger partial charge in [-0.2, -0.15) is 15.0 Å². The van der Waals surface area contributed by atoms with Crippen LogP contribution in [-0.2, 0) is 4.74 Å². The Hall–Kier alpha value is -2.84. The molecular weight excluding hydrogens is 398 g/mol. The fraction of sp³-hybridized carbons (Fsp3) is 0.318. The number of ether oxygens (including phenoxy) is 2. The predicted molar refractivity (Wildman–Crippen MR) is 120 cm³/mol. The number of aromatic nitrogens is 3. The monoisotopic (exact) mass is 423 g/mol. The molecule has 1 saturated heterocycles. The Labute approximate surface area is 180 Å². The number of rotatable bonds is 8. The maximum absolute atomic E-state index is 5.85. The summed E-state index contributed by atoms with van der Waals surface area (Å²) >= 11 is 1.56. The number of morpholine rings is 1. The van der Waals surface area contributed by atoms with Crippen molar-refractivity contribution in [2.45, 2.75) is 12.1 Å². The minimum absolute atomic E-state index is 0.541. The van der Waals surface area contributed by atoms with E-state index >= 15 is 0 Å². The van der Waals surface area contributed by atoms with E-state index in [1.54, 1.807) is 11.8 Å². The normalized spacial score (nSPS) is 13.8. The van der Waals surface area contributed by atoms with Gasteiger partial charge in [0.25, 0.3) is 0 Å². The quantitative estimate of drug-likeness (QED) is 0.432. The van der Waals surface area contributed by atoms with Crippen molar-refractivity contribution in [3.63, 3.8) is 0 Å². The number of thioether (sulfide) groups is 1. The largest absolute Gasteiger partial charge is 0.493 e. The van der Waals surface area contributed by atoms with Crippen LogP contribution in [0, 0.1) is 6.92 Å². The van der Waals surface area contributed by atoms with Gasteiger partial charge in [-0.3, -0.25) is 0 Å². The van der Waals surface area contributed by atoms with Crippen molar-refractivity contribution in [3.8, 4) is 5.75 Å². The van der Waals surface area contributed by atoms with Crippen molar-refractivity contribution < 1.29 is 9.47 Å². The van der Waals surface area contributed by atoms with Gasteiger partial charge in [0.05, 0.1) is 19.8 Å². The highest BCUT2D eigenvalue weighted by molar-refractivity contribution is 7.99. The Bertz CT molecular complexity index is 951. The molecule has 0 radical (unpaired) electrons. The molecule has 0 aliphatic carbocycles. The highest BCUT2D eigenvalue weighted by Crippen LogP contribution is 2.22. The third-order valence-electron chi connectivity index (χ3n) is 4.50. The number of nitrogens with zero attached hydrogens (tertiary/aromatic N) is 4. The molecule has 4 rings (SSSR count). The second kappa shape index (κ2) is 10.3. The van der Waals surface area contributed by atoms with Crippen LogP contribution in [0.3, 0.4) is 0 Å². The van der Waals surface area contributed by atoms with Gasteiger partial charge in [0.15, 0.2) is 5.16 Å². The fourth-order valence-corrected chi connectivity index (χ4v) is 3.67. The van der Waals surface area contributed by atoms with E-state index in [2.05, 4.69) is 38.2 Å². The van der Waals surface area contributed by atoms with E-state index in [4.69, 9.17) is 9.47 Å². The molecule has 1 N–H and O–H groups in total. The summed E-state index contributed by atoms with van der Waals surface area (Å²) in [5.41, 5.74) is 2.12. The zero-order valence-electron chi connectivity index (χ0n) is 17.0. The molecule has 3 aromatic rings. The van der Waals surface area contributed by atoms with Crippen LogP contribution in [0.25, 0.3) is 0 Å². The Morgan fingerprint density at radius 2 is 1.87 bits per heavy atom. The Morgan fingerprint density at radius 3 is 2.67 bits per heavy atom. The molecule has 1 aromatic heterocycles. The summed E-state index contributed by atoms with van der Waals surface area (Å²) in [7, 11) is 0. The van der Waals surface area contributed by atoms with Gasteiger partial charge >= 0.3 is 0 Å². The zero-order valence-corrected chi connectivity index (χ0v) is 17.8. The van der Waals surface area contributed by atoms with Crippen molar-refractivity contribution in [2.24, 2.45) is 0 Å². The average Bonchev–Trinajstić information content (AvgIpc) is 2.78. The topological polar surface area (TPSA) is 72.4 Å². The van der Waals surface area contributed by atoms with Crippen molar-refractivity contribution >= 4 is 29.3 Å². The lowest BCUT2D eigenvalue weighted by molar-refractivity contribution is 0.122. The van der Waals surface area contributed by atoms with Crippen LogP contribution < -0.4 is 15.0 Å². The molecule has 8 heteroatoms. The molecule has 30 heavy (non-hydrogen) atoms. The smallest absolute Gasteiger partial charge is 0.233 e. The average molecular weight is 424 g/mol. The summed E-state index contributed by atoms with van der Waals surface area (Å²) in [5, 5.41) is 3.96. The van der Waals surface area contributed by atoms with Gasteiger partial charge in [-0.1, -0.05) is 42.1 Å². The molecule has 0 saturated carbocycles. The lowest BCUT2D eigenvalue weighted by Gasteiger charge is -2.27. The minimum atomic E-state index is 0.541. The molecule has 0 unspecified atom stereocenters. The second-order valence-corrected chi connectivity index (χ2v) is 7.91.